The van der Waals surface area contributed by atoms with Gasteiger partial charge in [0.2, 0.25) is 0 Å². The number of halogens is 2. The van der Waals surface area contributed by atoms with E-state index in [0.717, 1.165) is 10.0 Å². The number of methoxy groups -OCH3 is 2. The molecule has 6 heteroatoms. The number of pyridine rings is 1. The molecule has 0 radical (unpaired) electrons. The van der Waals surface area contributed by atoms with Gasteiger partial charge in [-0.2, -0.15) is 0 Å². The van der Waals surface area contributed by atoms with Crippen molar-refractivity contribution in [3.05, 3.63) is 51.2 Å². The summed E-state index contributed by atoms with van der Waals surface area (Å²) in [4.78, 5) is 3.93. The Balaban J connectivity index is 2.31. The second kappa shape index (κ2) is 7.11. The Morgan fingerprint density at radius 2 is 1.95 bits per heavy atom. The second-order valence-electron chi connectivity index (χ2n) is 4.42. The number of nitrogens with zero attached hydrogens (tertiary/aromatic N) is 1. The summed E-state index contributed by atoms with van der Waals surface area (Å²) in [5, 5.41) is 11.0. The largest absolute Gasteiger partial charge is 0.493 e. The van der Waals surface area contributed by atoms with E-state index in [1.807, 2.05) is 0 Å². The van der Waals surface area contributed by atoms with E-state index >= 15 is 0 Å². The molecule has 0 bridgehead atoms. The number of benzene rings is 1. The summed E-state index contributed by atoms with van der Waals surface area (Å²) in [5.74, 6) is 1.16. The third kappa shape index (κ3) is 3.67. The van der Waals surface area contributed by atoms with Crippen molar-refractivity contribution in [2.24, 2.45) is 0 Å². The Morgan fingerprint density at radius 1 is 1.29 bits per heavy atom. The number of aliphatic hydroxyl groups excluding tert-OH is 1. The van der Waals surface area contributed by atoms with Gasteiger partial charge in [-0.25, -0.2) is 0 Å². The van der Waals surface area contributed by atoms with Crippen molar-refractivity contribution in [2.45, 2.75) is 12.5 Å². The zero-order valence-electron chi connectivity index (χ0n) is 11.6. The Hall–Kier alpha value is -1.30. The van der Waals surface area contributed by atoms with Crippen LogP contribution in [0.25, 0.3) is 0 Å². The first-order valence-corrected chi connectivity index (χ1v) is 7.41. The lowest BCUT2D eigenvalue weighted by molar-refractivity contribution is 0.177. The van der Waals surface area contributed by atoms with Gasteiger partial charge in [0.25, 0.3) is 0 Å². The van der Waals surface area contributed by atoms with Crippen LogP contribution in [0.1, 0.15) is 17.2 Å². The second-order valence-corrected chi connectivity index (χ2v) is 5.68. The molecule has 1 unspecified atom stereocenters. The molecule has 1 aromatic heterocycles. The van der Waals surface area contributed by atoms with Gasteiger partial charge in [-0.1, -0.05) is 27.5 Å². The van der Waals surface area contributed by atoms with Gasteiger partial charge in [-0.05, 0) is 29.3 Å². The van der Waals surface area contributed by atoms with Crippen molar-refractivity contribution in [2.75, 3.05) is 14.2 Å². The number of hydrogen-bond donors (Lipinski definition) is 1. The molecule has 4 nitrogen and oxygen atoms in total. The quantitative estimate of drug-likeness (QED) is 0.867. The van der Waals surface area contributed by atoms with Crippen LogP contribution in [-0.2, 0) is 6.42 Å². The lowest BCUT2D eigenvalue weighted by atomic mass is 10.0. The molecule has 0 spiro atoms. The molecular weight excluding hydrogens is 358 g/mol. The molecule has 0 aliphatic carbocycles. The van der Waals surface area contributed by atoms with Crippen molar-refractivity contribution in [1.82, 2.24) is 4.98 Å². The summed E-state index contributed by atoms with van der Waals surface area (Å²) >= 11 is 9.51. The summed E-state index contributed by atoms with van der Waals surface area (Å²) in [5.41, 5.74) is 1.54. The molecule has 0 aliphatic heterocycles. The highest BCUT2D eigenvalue weighted by molar-refractivity contribution is 9.10. The first-order chi connectivity index (χ1) is 10.1. The molecule has 2 rings (SSSR count). The molecular formula is C15H15BrClNO3. The summed E-state index contributed by atoms with van der Waals surface area (Å²) in [6.07, 6.45) is 2.87. The van der Waals surface area contributed by atoms with Crippen molar-refractivity contribution < 1.29 is 14.6 Å². The highest BCUT2D eigenvalue weighted by Crippen LogP contribution is 2.37. The molecule has 0 saturated heterocycles. The third-order valence-electron chi connectivity index (χ3n) is 3.13. The highest BCUT2D eigenvalue weighted by atomic mass is 79.9. The Morgan fingerprint density at radius 3 is 2.57 bits per heavy atom. The van der Waals surface area contributed by atoms with Crippen molar-refractivity contribution >= 4 is 27.5 Å². The number of rotatable bonds is 5. The fraction of sp³-hybridized carbons (Fsp3) is 0.267. The number of hydrogen-bond acceptors (Lipinski definition) is 4. The summed E-state index contributed by atoms with van der Waals surface area (Å²) in [6.45, 7) is 0. The zero-order valence-corrected chi connectivity index (χ0v) is 14.0. The van der Waals surface area contributed by atoms with E-state index in [-0.39, 0.29) is 0 Å². The Kier molecular flexibility index (Phi) is 5.45. The average molecular weight is 373 g/mol. The Labute approximate surface area is 136 Å². The number of ether oxygens (including phenoxy) is 2. The molecule has 1 heterocycles. The van der Waals surface area contributed by atoms with Gasteiger partial charge in [-0.15, -0.1) is 0 Å². The molecule has 0 saturated carbocycles. The molecule has 1 aromatic carbocycles. The molecule has 2 aromatic rings. The predicted octanol–water partition coefficient (Wildman–Crippen LogP) is 3.79. The average Bonchev–Trinajstić information content (AvgIpc) is 2.49. The van der Waals surface area contributed by atoms with Gasteiger partial charge in [0, 0.05) is 23.3 Å². The summed E-state index contributed by atoms with van der Waals surface area (Å²) in [6, 6.07) is 5.31. The lowest BCUT2D eigenvalue weighted by Gasteiger charge is -2.16. The van der Waals surface area contributed by atoms with E-state index in [1.165, 1.54) is 0 Å². The normalized spacial score (nSPS) is 12.0. The predicted molar refractivity (Wildman–Crippen MR) is 85.2 cm³/mol. The lowest BCUT2D eigenvalue weighted by Crippen LogP contribution is -2.04. The Bertz CT molecular complexity index is 636. The van der Waals surface area contributed by atoms with Crippen LogP contribution in [0.2, 0.25) is 5.02 Å². The fourth-order valence-electron chi connectivity index (χ4n) is 2.01. The number of aromatic nitrogens is 1. The van der Waals surface area contributed by atoms with Crippen LogP contribution >= 0.6 is 27.5 Å². The molecule has 1 atom stereocenters. The first-order valence-electron chi connectivity index (χ1n) is 6.24. The summed E-state index contributed by atoms with van der Waals surface area (Å²) < 4.78 is 11.2. The molecule has 1 N–H and O–H groups in total. The summed E-state index contributed by atoms with van der Waals surface area (Å²) in [7, 11) is 3.12. The van der Waals surface area contributed by atoms with Crippen LogP contribution in [0.15, 0.2) is 35.1 Å². The van der Waals surface area contributed by atoms with Crippen LogP contribution in [0.5, 0.6) is 11.5 Å². The highest BCUT2D eigenvalue weighted by Gasteiger charge is 2.17. The van der Waals surface area contributed by atoms with Gasteiger partial charge in [0.15, 0.2) is 11.5 Å². The van der Waals surface area contributed by atoms with E-state index in [0.29, 0.717) is 28.5 Å². The van der Waals surface area contributed by atoms with E-state index in [2.05, 4.69) is 20.9 Å². The topological polar surface area (TPSA) is 51.6 Å². The zero-order chi connectivity index (χ0) is 15.4. The van der Waals surface area contributed by atoms with Crippen molar-refractivity contribution in [3.63, 3.8) is 0 Å². The maximum atomic E-state index is 10.5. The monoisotopic (exact) mass is 371 g/mol. The van der Waals surface area contributed by atoms with Gasteiger partial charge in [0.1, 0.15) is 0 Å². The first kappa shape index (κ1) is 16.1. The maximum absolute atomic E-state index is 10.5. The number of aliphatic hydroxyl groups is 1. The van der Waals surface area contributed by atoms with Crippen molar-refractivity contribution in [3.8, 4) is 11.5 Å². The van der Waals surface area contributed by atoms with E-state index < -0.39 is 6.10 Å². The minimum atomic E-state index is -0.723. The molecule has 21 heavy (non-hydrogen) atoms. The van der Waals surface area contributed by atoms with Gasteiger partial charge in [-0.3, -0.25) is 4.98 Å². The fourth-order valence-corrected chi connectivity index (χ4v) is 2.80. The SMILES string of the molecule is COc1cc(Br)c(C(O)Cc2ccncc2Cl)cc1OC. The minimum absolute atomic E-state index is 0.384. The third-order valence-corrected chi connectivity index (χ3v) is 4.16. The van der Waals surface area contributed by atoms with E-state index in [4.69, 9.17) is 21.1 Å². The van der Waals surface area contributed by atoms with E-state index in [1.54, 1.807) is 44.8 Å². The van der Waals surface area contributed by atoms with Crippen LogP contribution in [0.4, 0.5) is 0 Å². The molecule has 0 amide bonds. The van der Waals surface area contributed by atoms with Crippen LogP contribution in [-0.4, -0.2) is 24.3 Å². The minimum Gasteiger partial charge on any atom is -0.493 e. The van der Waals surface area contributed by atoms with Crippen LogP contribution < -0.4 is 9.47 Å². The van der Waals surface area contributed by atoms with Crippen LogP contribution in [0, 0.1) is 0 Å². The van der Waals surface area contributed by atoms with Gasteiger partial charge >= 0.3 is 0 Å². The maximum Gasteiger partial charge on any atom is 0.161 e. The standard InChI is InChI=1S/C15H15BrClNO3/c1-20-14-6-10(11(16)7-15(14)21-2)13(19)5-9-3-4-18-8-12(9)17/h3-4,6-8,13,19H,5H2,1-2H3. The van der Waals surface area contributed by atoms with Gasteiger partial charge < -0.3 is 14.6 Å². The van der Waals surface area contributed by atoms with Gasteiger partial charge in [0.05, 0.1) is 25.3 Å². The van der Waals surface area contributed by atoms with Crippen LogP contribution in [0.3, 0.4) is 0 Å². The van der Waals surface area contributed by atoms with E-state index in [9.17, 15) is 5.11 Å². The molecule has 0 aliphatic rings. The molecule has 0 fully saturated rings. The smallest absolute Gasteiger partial charge is 0.161 e. The molecule has 112 valence electrons. The van der Waals surface area contributed by atoms with Crippen molar-refractivity contribution in [1.29, 1.82) is 0 Å².